The maximum absolute atomic E-state index is 10.2. The average Bonchev–Trinajstić information content (AvgIpc) is 1.57. The number of aromatic hydroxyl groups is 2. The van der Waals surface area contributed by atoms with Gasteiger partial charge in [-0.3, -0.25) is 19.5 Å². The largest absolute Gasteiger partial charge is 0.507 e. The number of fused-ring (bicyclic) bond motifs is 8. The molecule has 0 aliphatic rings. The van der Waals surface area contributed by atoms with E-state index < -0.39 is 0 Å². The van der Waals surface area contributed by atoms with Gasteiger partial charge in [0.05, 0.1) is 54.8 Å². The van der Waals surface area contributed by atoms with E-state index in [1.807, 2.05) is 181 Å². The van der Waals surface area contributed by atoms with Crippen molar-refractivity contribution in [3.8, 4) is 151 Å². The van der Waals surface area contributed by atoms with Gasteiger partial charge < -0.3 is 19.3 Å². The molecule has 0 unspecified atom stereocenters. The zero-order chi connectivity index (χ0) is 87.1. The third-order valence-corrected chi connectivity index (χ3v) is 24.3. The van der Waals surface area contributed by atoms with Gasteiger partial charge in [-0.1, -0.05) is 261 Å². The van der Waals surface area contributed by atoms with Crippen molar-refractivity contribution in [2.24, 2.45) is 0 Å². The van der Waals surface area contributed by atoms with Crippen LogP contribution in [-0.4, -0.2) is 63.8 Å². The Morgan fingerprint density at radius 1 is 0.235 bits per heavy atom. The SMILES string of the molecule is Oc1ccccc1-c1nc2ccccc2s1.Oc1ccccc1-c1nc2cccnc2n1-c1ccccc1.[Zn].[Zn].c1ccc(-c2cc(-c3cc(-n4c5ccccc5c5ccccc54)cc(-n4c5ccccc5c5ccccc54)c3)nc(-c3ccccc3)n2)cc1.c1cncc(-c2cccc(-c3cc(-c4cccc(-c5cccnc5)c4)cc(-c4cccc(-c5cccnc5)c4)c3)c2)c1. The summed E-state index contributed by atoms with van der Waals surface area (Å²) in [4.78, 5) is 37.0. The van der Waals surface area contributed by atoms with Crippen molar-refractivity contribution < 1.29 is 49.2 Å². The van der Waals surface area contributed by atoms with Crippen LogP contribution in [0.1, 0.15) is 0 Å². The molecule has 9 aromatic heterocycles. The maximum atomic E-state index is 10.2. The second kappa shape index (κ2) is 38.8. The van der Waals surface area contributed by atoms with Crippen molar-refractivity contribution in [2.45, 2.75) is 0 Å². The van der Waals surface area contributed by atoms with Gasteiger partial charge in [-0.2, -0.15) is 0 Å². The molecule has 0 fully saturated rings. The number of pyridine rings is 4. The number of phenols is 2. The van der Waals surface area contributed by atoms with Crippen molar-refractivity contribution in [3.05, 3.63) is 468 Å². The number of aromatic nitrogens is 11. The van der Waals surface area contributed by atoms with Crippen LogP contribution >= 0.6 is 11.3 Å². The summed E-state index contributed by atoms with van der Waals surface area (Å²) in [6.07, 6.45) is 12.9. The zero-order valence-electron chi connectivity index (χ0n) is 71.6. The first-order valence-corrected chi connectivity index (χ1v) is 43.7. The molecule has 0 aliphatic carbocycles. The predicted molar refractivity (Wildman–Crippen MR) is 532 cm³/mol. The van der Waals surface area contributed by atoms with Crippen molar-refractivity contribution in [2.75, 3.05) is 0 Å². The monoisotopic (exact) mass is 1820 g/mol. The van der Waals surface area contributed by atoms with E-state index in [0.29, 0.717) is 17.2 Å². The van der Waals surface area contributed by atoms with Crippen molar-refractivity contribution in [1.82, 2.24) is 53.6 Å². The van der Waals surface area contributed by atoms with Crippen LogP contribution in [0.3, 0.4) is 0 Å². The Balaban J connectivity index is 0.000000123. The molecule has 0 bridgehead atoms. The molecule has 132 heavy (non-hydrogen) atoms. The number of phenolic OH excluding ortho intramolecular Hbond substituents is 2. The molecule has 24 rings (SSSR count). The normalized spacial score (nSPS) is 11.0. The molecule has 13 nitrogen and oxygen atoms in total. The summed E-state index contributed by atoms with van der Waals surface area (Å²) < 4.78 is 7.89. The smallest absolute Gasteiger partial charge is 0.164 e. The van der Waals surface area contributed by atoms with Crippen LogP contribution in [0.25, 0.3) is 205 Å². The van der Waals surface area contributed by atoms with Gasteiger partial charge in [-0.25, -0.2) is 24.9 Å². The van der Waals surface area contributed by atoms with Crippen LogP contribution in [0.4, 0.5) is 0 Å². The summed E-state index contributed by atoms with van der Waals surface area (Å²) >= 11 is 1.59. The van der Waals surface area contributed by atoms with Gasteiger partial charge in [0.1, 0.15) is 22.0 Å². The quantitative estimate of drug-likeness (QED) is 0.100. The van der Waals surface area contributed by atoms with E-state index in [1.54, 1.807) is 35.7 Å². The molecule has 9 heterocycles. The van der Waals surface area contributed by atoms with E-state index in [0.717, 1.165) is 166 Å². The van der Waals surface area contributed by atoms with Gasteiger partial charge >= 0.3 is 0 Å². The molecule has 24 aromatic rings. The predicted octanol–water partition coefficient (Wildman–Crippen LogP) is 29.0. The van der Waals surface area contributed by atoms with Crippen molar-refractivity contribution in [3.63, 3.8) is 0 Å². The van der Waals surface area contributed by atoms with Crippen LogP contribution in [0.5, 0.6) is 11.5 Å². The zero-order valence-corrected chi connectivity index (χ0v) is 78.3. The number of imidazole rings is 1. The minimum Gasteiger partial charge on any atom is -0.507 e. The van der Waals surface area contributed by atoms with Gasteiger partial charge in [0.15, 0.2) is 17.3 Å². The molecule has 0 aliphatic heterocycles. The fraction of sp³-hybridized carbons (Fsp3) is 0. The summed E-state index contributed by atoms with van der Waals surface area (Å²) in [5.74, 6) is 1.86. The molecule has 0 saturated heterocycles. The molecule has 0 amide bonds. The molecule has 2 N–H and O–H groups in total. The third-order valence-electron chi connectivity index (χ3n) is 23.2. The summed E-state index contributed by atoms with van der Waals surface area (Å²) in [7, 11) is 0. The first-order valence-electron chi connectivity index (χ1n) is 42.9. The Kier molecular flexibility index (Phi) is 25.0. The molecule has 0 radical (unpaired) electrons. The Labute approximate surface area is 792 Å². The number of thiazole rings is 1. The summed E-state index contributed by atoms with van der Waals surface area (Å²) in [5, 5.41) is 25.7. The Bertz CT molecular complexity index is 7650. The first kappa shape index (κ1) is 85.2. The number of hydrogen-bond acceptors (Lipinski definition) is 11. The van der Waals surface area contributed by atoms with Crippen molar-refractivity contribution >= 4 is 76.3 Å². The number of benzene rings is 15. The van der Waals surface area contributed by atoms with Crippen LogP contribution in [0, 0.1) is 0 Å². The van der Waals surface area contributed by atoms with E-state index >= 15 is 0 Å². The molecular formula is C116H79N11O2SZn2. The van der Waals surface area contributed by atoms with Gasteiger partial charge in [0.2, 0.25) is 0 Å². The van der Waals surface area contributed by atoms with E-state index in [4.69, 9.17) is 9.97 Å². The second-order valence-corrected chi connectivity index (χ2v) is 32.4. The summed E-state index contributed by atoms with van der Waals surface area (Å²) in [5.41, 5.74) is 30.2. The van der Waals surface area contributed by atoms with Gasteiger partial charge in [-0.05, 0) is 214 Å². The molecule has 0 atom stereocenters. The van der Waals surface area contributed by atoms with Crippen LogP contribution in [0.2, 0.25) is 0 Å². The van der Waals surface area contributed by atoms with E-state index in [9.17, 15) is 10.2 Å². The Morgan fingerprint density at radius 3 is 1.05 bits per heavy atom. The fourth-order valence-electron chi connectivity index (χ4n) is 17.1. The van der Waals surface area contributed by atoms with E-state index in [1.165, 1.54) is 21.5 Å². The second-order valence-electron chi connectivity index (χ2n) is 31.4. The average molecular weight is 1820 g/mol. The number of hydrogen-bond donors (Lipinski definition) is 2. The molecular weight excluding hydrogens is 1740 g/mol. The minimum absolute atomic E-state index is 0. The van der Waals surface area contributed by atoms with Crippen LogP contribution in [-0.2, 0) is 39.0 Å². The van der Waals surface area contributed by atoms with Crippen molar-refractivity contribution in [1.29, 1.82) is 0 Å². The topological polar surface area (TPSA) is 158 Å². The summed E-state index contributed by atoms with van der Waals surface area (Å²) in [6.45, 7) is 0. The van der Waals surface area contributed by atoms with E-state index in [2.05, 4.69) is 306 Å². The molecule has 0 saturated carbocycles. The minimum atomic E-state index is 0. The fourth-order valence-corrected chi connectivity index (χ4v) is 18.1. The summed E-state index contributed by atoms with van der Waals surface area (Å²) in [6, 6.07) is 146. The molecule has 15 aromatic carbocycles. The Hall–Kier alpha value is -16.2. The standard InChI is InChI=1S/C46H30N4.C39H27N3.C18H13N3O.C13H9NOS.2Zn/c1-3-15-31(16-4-1)40-30-41(48-46(47-40)32-17-5-2-6-18-32)33-27-34(49-42-23-11-7-19-36(42)37-20-8-12-24-43(37)49)29-35(28-33)50-44-25-13-9-21-38(44)39-22-10-14-26-45(39)50;1-7-28(34-13-4-16-40-25-34)19-31(10-1)37-22-38(32-11-2-8-29(20-32)35-14-5-17-41-26-35)24-39(23-37)33-12-3-9-30(21-33)36-15-6-18-42-27-36;22-16-11-5-4-9-14(16)17-20-15-10-6-12-19-18(15)21(17)13-7-2-1-3-8-13;15-11-7-3-1-5-9(11)13-14-10-6-2-4-8-12(10)16-13;;/h1-30H;1-27H;1-12,22H;1-8,15H;;. The molecule has 0 spiro atoms. The number of para-hydroxylation sites is 8. The molecule has 16 heteroatoms. The number of rotatable bonds is 14. The Morgan fingerprint density at radius 2 is 0.598 bits per heavy atom. The first-order chi connectivity index (χ1) is 64.3. The third kappa shape index (κ3) is 17.7. The molecule has 620 valence electrons. The van der Waals surface area contributed by atoms with Gasteiger partial charge in [-0.15, -0.1) is 11.3 Å². The number of nitrogens with zero attached hydrogens (tertiary/aromatic N) is 11. The van der Waals surface area contributed by atoms with Gasteiger partial charge in [0.25, 0.3) is 0 Å². The van der Waals surface area contributed by atoms with Crippen LogP contribution in [0.15, 0.2) is 468 Å². The van der Waals surface area contributed by atoms with E-state index in [-0.39, 0.29) is 50.5 Å². The van der Waals surface area contributed by atoms with Gasteiger partial charge in [0, 0.05) is 154 Å². The van der Waals surface area contributed by atoms with Crippen LogP contribution < -0.4 is 0 Å². The maximum Gasteiger partial charge on any atom is 0.164 e.